The predicted octanol–water partition coefficient (Wildman–Crippen LogP) is 4.37. The van der Waals surface area contributed by atoms with Gasteiger partial charge < -0.3 is 15.5 Å². The van der Waals surface area contributed by atoms with Crippen molar-refractivity contribution < 1.29 is 9.21 Å². The molecule has 5 heteroatoms. The first-order valence-electron chi connectivity index (χ1n) is 9.33. The van der Waals surface area contributed by atoms with Crippen LogP contribution in [0.5, 0.6) is 0 Å². The highest BCUT2D eigenvalue weighted by molar-refractivity contribution is 6.05. The molecule has 1 aliphatic carbocycles. The summed E-state index contributed by atoms with van der Waals surface area (Å²) in [6.45, 7) is 0. The molecule has 0 spiro atoms. The van der Waals surface area contributed by atoms with Crippen LogP contribution < -0.4 is 16.5 Å². The third-order valence-electron chi connectivity index (χ3n) is 4.81. The second-order valence-electron chi connectivity index (χ2n) is 6.84. The molecule has 5 nitrogen and oxygen atoms in total. The fourth-order valence-corrected chi connectivity index (χ4v) is 3.23. The number of nitrogens with one attached hydrogen (secondary N) is 1. The number of carbonyl (C=O) groups excluding carboxylic acids is 1. The minimum absolute atomic E-state index is 0.0353. The van der Waals surface area contributed by atoms with Crippen molar-refractivity contribution in [2.45, 2.75) is 12.8 Å². The van der Waals surface area contributed by atoms with Gasteiger partial charge in [-0.15, -0.1) is 0 Å². The van der Waals surface area contributed by atoms with E-state index in [1.54, 1.807) is 30.3 Å². The topological polar surface area (TPSA) is 85.3 Å². The molecule has 0 saturated carbocycles. The van der Waals surface area contributed by atoms with E-state index >= 15 is 0 Å². The van der Waals surface area contributed by atoms with Crippen LogP contribution in [-0.4, -0.2) is 5.91 Å². The van der Waals surface area contributed by atoms with Crippen LogP contribution in [-0.2, 0) is 11.2 Å². The molecule has 0 atom stereocenters. The molecule has 2 aromatic carbocycles. The maximum absolute atomic E-state index is 12.7. The third-order valence-corrected chi connectivity index (χ3v) is 4.81. The Labute approximate surface area is 167 Å². The van der Waals surface area contributed by atoms with Crippen LogP contribution in [0.25, 0.3) is 11.0 Å². The normalized spacial score (nSPS) is 13.5. The molecular formula is C24H20N2O3. The van der Waals surface area contributed by atoms with E-state index in [2.05, 4.69) is 5.32 Å². The highest BCUT2D eigenvalue weighted by atomic mass is 16.3. The Bertz CT molecular complexity index is 1230. The number of nitrogen functional groups attached to an aromatic ring is 1. The lowest BCUT2D eigenvalue weighted by atomic mass is 10.0. The van der Waals surface area contributed by atoms with E-state index < -0.39 is 0 Å². The maximum Gasteiger partial charge on any atom is 0.251 e. The first-order chi connectivity index (χ1) is 14.1. The first kappa shape index (κ1) is 18.5. The number of carbonyl (C=O) groups is 1. The van der Waals surface area contributed by atoms with Crippen molar-refractivity contribution in [1.82, 2.24) is 0 Å². The van der Waals surface area contributed by atoms with Gasteiger partial charge in [0.25, 0.3) is 5.91 Å². The summed E-state index contributed by atoms with van der Waals surface area (Å²) in [5, 5.41) is 3.41. The van der Waals surface area contributed by atoms with E-state index in [0.29, 0.717) is 46.3 Å². The Hall–Kier alpha value is -3.86. The van der Waals surface area contributed by atoms with Crippen molar-refractivity contribution in [1.29, 1.82) is 0 Å². The lowest BCUT2D eigenvalue weighted by Gasteiger charge is -2.08. The quantitative estimate of drug-likeness (QED) is 0.654. The SMILES string of the molecule is Nc1ccccc1NC(=O)C1=CC=C(Cc2coc3ccccc3c2=O)C=CC1. The Kier molecular flexibility index (Phi) is 5.12. The Balaban J connectivity index is 1.54. The number of anilines is 2. The number of fused-ring (bicyclic) bond motifs is 1. The molecule has 3 N–H and O–H groups in total. The average molecular weight is 384 g/mol. The average Bonchev–Trinajstić information content (AvgIpc) is 2.98. The maximum atomic E-state index is 12.7. The summed E-state index contributed by atoms with van der Waals surface area (Å²) in [4.78, 5) is 25.3. The highest BCUT2D eigenvalue weighted by Crippen LogP contribution is 2.20. The van der Waals surface area contributed by atoms with Gasteiger partial charge in [0.1, 0.15) is 5.58 Å². The first-order valence-corrected chi connectivity index (χ1v) is 9.33. The number of allylic oxidation sites excluding steroid dienone is 5. The third kappa shape index (κ3) is 4.04. The van der Waals surface area contributed by atoms with E-state index in [-0.39, 0.29) is 11.3 Å². The zero-order valence-electron chi connectivity index (χ0n) is 15.7. The fraction of sp³-hybridized carbons (Fsp3) is 0.0833. The molecule has 29 heavy (non-hydrogen) atoms. The van der Waals surface area contributed by atoms with E-state index in [1.165, 1.54) is 6.26 Å². The van der Waals surface area contributed by atoms with Crippen LogP contribution in [0.3, 0.4) is 0 Å². The largest absolute Gasteiger partial charge is 0.464 e. The number of rotatable bonds is 4. The van der Waals surface area contributed by atoms with Crippen LogP contribution in [0.4, 0.5) is 11.4 Å². The summed E-state index contributed by atoms with van der Waals surface area (Å²) >= 11 is 0. The van der Waals surface area contributed by atoms with Crippen molar-refractivity contribution in [3.8, 4) is 0 Å². The van der Waals surface area contributed by atoms with Crippen molar-refractivity contribution in [3.05, 3.63) is 106 Å². The Morgan fingerprint density at radius 1 is 1.07 bits per heavy atom. The highest BCUT2D eigenvalue weighted by Gasteiger charge is 2.12. The molecule has 144 valence electrons. The second kappa shape index (κ2) is 8.02. The van der Waals surface area contributed by atoms with E-state index in [4.69, 9.17) is 10.2 Å². The lowest BCUT2D eigenvalue weighted by molar-refractivity contribution is -0.112. The van der Waals surface area contributed by atoms with Crippen LogP contribution in [0, 0.1) is 0 Å². The van der Waals surface area contributed by atoms with Crippen LogP contribution in [0.2, 0.25) is 0 Å². The summed E-state index contributed by atoms with van der Waals surface area (Å²) in [6, 6.07) is 14.3. The van der Waals surface area contributed by atoms with Gasteiger partial charge in [0.15, 0.2) is 5.43 Å². The van der Waals surface area contributed by atoms with Gasteiger partial charge in [0, 0.05) is 17.6 Å². The summed E-state index contributed by atoms with van der Waals surface area (Å²) in [7, 11) is 0. The van der Waals surface area contributed by atoms with Gasteiger partial charge in [-0.1, -0.05) is 48.6 Å². The summed E-state index contributed by atoms with van der Waals surface area (Å²) in [5.74, 6) is -0.199. The molecule has 0 fully saturated rings. The molecule has 3 aromatic rings. The van der Waals surface area contributed by atoms with Gasteiger partial charge in [0.2, 0.25) is 0 Å². The van der Waals surface area contributed by atoms with Crippen molar-refractivity contribution in [3.63, 3.8) is 0 Å². The molecule has 0 radical (unpaired) electrons. The zero-order chi connectivity index (χ0) is 20.2. The van der Waals surface area contributed by atoms with Gasteiger partial charge >= 0.3 is 0 Å². The Morgan fingerprint density at radius 3 is 2.72 bits per heavy atom. The van der Waals surface area contributed by atoms with Crippen molar-refractivity contribution >= 4 is 28.3 Å². The van der Waals surface area contributed by atoms with E-state index in [1.807, 2.05) is 42.5 Å². The molecule has 1 heterocycles. The van der Waals surface area contributed by atoms with Crippen LogP contribution >= 0.6 is 0 Å². The van der Waals surface area contributed by atoms with Crippen molar-refractivity contribution in [2.75, 3.05) is 11.1 Å². The predicted molar refractivity (Wildman–Crippen MR) is 116 cm³/mol. The van der Waals surface area contributed by atoms with Gasteiger partial charge in [-0.2, -0.15) is 0 Å². The molecule has 0 saturated heterocycles. The lowest BCUT2D eigenvalue weighted by Crippen LogP contribution is -2.15. The molecule has 1 aliphatic rings. The zero-order valence-corrected chi connectivity index (χ0v) is 15.7. The van der Waals surface area contributed by atoms with E-state index in [9.17, 15) is 9.59 Å². The van der Waals surface area contributed by atoms with Crippen molar-refractivity contribution in [2.24, 2.45) is 0 Å². The van der Waals surface area contributed by atoms with Crippen LogP contribution in [0.1, 0.15) is 12.0 Å². The van der Waals surface area contributed by atoms with Gasteiger partial charge in [-0.25, -0.2) is 0 Å². The molecule has 0 aliphatic heterocycles. The monoisotopic (exact) mass is 384 g/mol. The standard InChI is InChI=1S/C24H20N2O3/c25-20-9-2-3-10-21(20)26-24(28)17-7-5-6-16(12-13-17)14-18-15-29-22-11-4-1-8-19(22)23(18)27/h1-6,8-13,15H,7,14,25H2,(H,26,28). The smallest absolute Gasteiger partial charge is 0.251 e. The molecule has 4 rings (SSSR count). The number of benzene rings is 2. The molecule has 1 aromatic heterocycles. The molecule has 0 bridgehead atoms. The Morgan fingerprint density at radius 2 is 1.86 bits per heavy atom. The summed E-state index contributed by atoms with van der Waals surface area (Å²) < 4.78 is 5.59. The van der Waals surface area contributed by atoms with Gasteiger partial charge in [-0.3, -0.25) is 9.59 Å². The van der Waals surface area contributed by atoms with Gasteiger partial charge in [0.05, 0.1) is 23.0 Å². The number of amides is 1. The molecule has 0 unspecified atom stereocenters. The number of nitrogens with two attached hydrogens (primary N) is 1. The number of para-hydroxylation sites is 3. The number of hydrogen-bond donors (Lipinski definition) is 2. The summed E-state index contributed by atoms with van der Waals surface area (Å²) in [5.41, 5.74) is 9.66. The van der Waals surface area contributed by atoms with Gasteiger partial charge in [-0.05, 0) is 36.3 Å². The van der Waals surface area contributed by atoms with Crippen LogP contribution in [0.15, 0.2) is 99.5 Å². The minimum Gasteiger partial charge on any atom is -0.464 e. The fourth-order valence-electron chi connectivity index (χ4n) is 3.23. The summed E-state index contributed by atoms with van der Waals surface area (Å²) in [6.07, 6.45) is 9.93. The minimum atomic E-state index is -0.199. The van der Waals surface area contributed by atoms with E-state index in [0.717, 1.165) is 5.57 Å². The number of hydrogen-bond acceptors (Lipinski definition) is 4. The molecular weight excluding hydrogens is 364 g/mol. The second-order valence-corrected chi connectivity index (χ2v) is 6.84. The molecule has 1 amide bonds.